The number of rotatable bonds is 4. The molecular formula is C19H22N6O3. The number of aromatic nitrogens is 4. The Bertz CT molecular complexity index is 1010. The van der Waals surface area contributed by atoms with Gasteiger partial charge in [-0.3, -0.25) is 9.48 Å². The molecule has 0 unspecified atom stereocenters. The number of amides is 1. The predicted molar refractivity (Wildman–Crippen MR) is 104 cm³/mol. The van der Waals surface area contributed by atoms with Gasteiger partial charge in [0.05, 0.1) is 31.4 Å². The van der Waals surface area contributed by atoms with Crippen LogP contribution in [0.25, 0.3) is 11.0 Å². The highest BCUT2D eigenvalue weighted by Crippen LogP contribution is 2.27. The van der Waals surface area contributed by atoms with Crippen LogP contribution in [0, 0.1) is 0 Å². The zero-order chi connectivity index (χ0) is 19.7. The second-order valence-electron chi connectivity index (χ2n) is 6.55. The lowest BCUT2D eigenvalue weighted by molar-refractivity contribution is 0.0743. The van der Waals surface area contributed by atoms with Crippen LogP contribution < -0.4 is 14.4 Å². The lowest BCUT2D eigenvalue weighted by Crippen LogP contribution is -2.49. The molecule has 9 heteroatoms. The predicted octanol–water partition coefficient (Wildman–Crippen LogP) is 1.34. The number of piperazine rings is 1. The van der Waals surface area contributed by atoms with E-state index in [0.717, 1.165) is 16.9 Å². The molecule has 0 atom stereocenters. The highest BCUT2D eigenvalue weighted by Gasteiger charge is 2.26. The number of carbonyl (C=O) groups excluding carboxylic acids is 1. The van der Waals surface area contributed by atoms with Gasteiger partial charge in [-0.05, 0) is 12.1 Å². The van der Waals surface area contributed by atoms with Crippen LogP contribution in [-0.4, -0.2) is 71.0 Å². The van der Waals surface area contributed by atoms with Gasteiger partial charge in [0.2, 0.25) is 0 Å². The fraction of sp³-hybridized carbons (Fsp3) is 0.368. The van der Waals surface area contributed by atoms with Gasteiger partial charge in [-0.25, -0.2) is 9.97 Å². The molecule has 0 saturated carbocycles. The minimum absolute atomic E-state index is 0.0478. The molecule has 0 aliphatic carbocycles. The second-order valence-corrected chi connectivity index (χ2v) is 6.55. The number of ether oxygens (including phenoxy) is 2. The molecule has 3 heterocycles. The van der Waals surface area contributed by atoms with Crippen LogP contribution in [0.5, 0.6) is 11.5 Å². The Morgan fingerprint density at radius 2 is 1.86 bits per heavy atom. The van der Waals surface area contributed by atoms with Crippen molar-refractivity contribution < 1.29 is 14.3 Å². The van der Waals surface area contributed by atoms with E-state index >= 15 is 0 Å². The fourth-order valence-electron chi connectivity index (χ4n) is 3.47. The standard InChI is InChI=1S/C19H22N6O3/c1-23-17-15(11-22-23)18(21-12-20-17)24-6-8-25(9-7-24)19(26)14-5-4-13(27-2)10-16(14)28-3/h4-5,10-12H,6-9H2,1-3H3. The number of hydrogen-bond acceptors (Lipinski definition) is 7. The first-order valence-electron chi connectivity index (χ1n) is 9.01. The van der Waals surface area contributed by atoms with Gasteiger partial charge in [0.25, 0.3) is 5.91 Å². The van der Waals surface area contributed by atoms with Crippen LogP contribution in [0.1, 0.15) is 10.4 Å². The number of aryl methyl sites for hydroxylation is 1. The van der Waals surface area contributed by atoms with Gasteiger partial charge in [-0.2, -0.15) is 5.10 Å². The number of anilines is 1. The van der Waals surface area contributed by atoms with Crippen molar-refractivity contribution in [1.29, 1.82) is 0 Å². The maximum Gasteiger partial charge on any atom is 0.257 e. The SMILES string of the molecule is COc1ccc(C(=O)N2CCN(c3ncnc4c3cnn4C)CC2)c(OC)c1. The van der Waals surface area contributed by atoms with Crippen molar-refractivity contribution >= 4 is 22.8 Å². The van der Waals surface area contributed by atoms with Crippen molar-refractivity contribution in [3.8, 4) is 11.5 Å². The van der Waals surface area contributed by atoms with Crippen molar-refractivity contribution in [2.75, 3.05) is 45.3 Å². The molecule has 0 N–H and O–H groups in total. The third-order valence-electron chi connectivity index (χ3n) is 5.01. The maximum atomic E-state index is 13.0. The highest BCUT2D eigenvalue weighted by atomic mass is 16.5. The summed E-state index contributed by atoms with van der Waals surface area (Å²) in [4.78, 5) is 25.7. The molecule has 2 aromatic heterocycles. The molecule has 0 bridgehead atoms. The Labute approximate surface area is 162 Å². The van der Waals surface area contributed by atoms with E-state index in [1.807, 2.05) is 11.9 Å². The van der Waals surface area contributed by atoms with Crippen LogP contribution in [0.2, 0.25) is 0 Å². The lowest BCUT2D eigenvalue weighted by atomic mass is 10.1. The Hall–Kier alpha value is -3.36. The third-order valence-corrected chi connectivity index (χ3v) is 5.01. The smallest absolute Gasteiger partial charge is 0.257 e. The van der Waals surface area contributed by atoms with Gasteiger partial charge in [0, 0.05) is 39.3 Å². The summed E-state index contributed by atoms with van der Waals surface area (Å²) in [5, 5.41) is 5.18. The third kappa shape index (κ3) is 3.08. The molecule has 1 amide bonds. The summed E-state index contributed by atoms with van der Waals surface area (Å²) in [6.45, 7) is 2.57. The summed E-state index contributed by atoms with van der Waals surface area (Å²) in [6.07, 6.45) is 3.34. The summed E-state index contributed by atoms with van der Waals surface area (Å²) >= 11 is 0. The van der Waals surface area contributed by atoms with Gasteiger partial charge < -0.3 is 19.3 Å². The van der Waals surface area contributed by atoms with Gasteiger partial charge in [0.15, 0.2) is 5.65 Å². The first-order chi connectivity index (χ1) is 13.6. The Morgan fingerprint density at radius 3 is 2.57 bits per heavy atom. The number of carbonyl (C=O) groups is 1. The molecule has 28 heavy (non-hydrogen) atoms. The molecule has 1 saturated heterocycles. The molecule has 1 aromatic carbocycles. The van der Waals surface area contributed by atoms with Crippen LogP contribution in [0.3, 0.4) is 0 Å². The average Bonchev–Trinajstić information content (AvgIpc) is 3.14. The van der Waals surface area contributed by atoms with Crippen LogP contribution >= 0.6 is 0 Å². The first-order valence-corrected chi connectivity index (χ1v) is 9.01. The van der Waals surface area contributed by atoms with Crippen molar-refractivity contribution in [3.05, 3.63) is 36.3 Å². The number of benzene rings is 1. The van der Waals surface area contributed by atoms with Gasteiger partial charge in [-0.15, -0.1) is 0 Å². The topological polar surface area (TPSA) is 85.6 Å². The van der Waals surface area contributed by atoms with E-state index in [1.54, 1.807) is 49.6 Å². The van der Waals surface area contributed by atoms with Crippen LogP contribution in [0.4, 0.5) is 5.82 Å². The quantitative estimate of drug-likeness (QED) is 0.673. The van der Waals surface area contributed by atoms with Crippen molar-refractivity contribution in [3.63, 3.8) is 0 Å². The highest BCUT2D eigenvalue weighted by molar-refractivity contribution is 5.97. The second kappa shape index (κ2) is 7.34. The van der Waals surface area contributed by atoms with E-state index in [1.165, 1.54) is 0 Å². The Balaban J connectivity index is 1.50. The molecule has 0 radical (unpaired) electrons. The molecule has 4 rings (SSSR count). The minimum atomic E-state index is -0.0478. The fourth-order valence-corrected chi connectivity index (χ4v) is 3.47. The van der Waals surface area contributed by atoms with Crippen molar-refractivity contribution in [2.24, 2.45) is 7.05 Å². The number of hydrogen-bond donors (Lipinski definition) is 0. The van der Waals surface area contributed by atoms with Crippen molar-refractivity contribution in [2.45, 2.75) is 0 Å². The Morgan fingerprint density at radius 1 is 1.07 bits per heavy atom. The van der Waals surface area contributed by atoms with Crippen LogP contribution in [-0.2, 0) is 7.05 Å². The van der Waals surface area contributed by atoms with E-state index in [2.05, 4.69) is 20.0 Å². The summed E-state index contributed by atoms with van der Waals surface area (Å²) in [7, 11) is 5.00. The Kier molecular flexibility index (Phi) is 4.72. The zero-order valence-electron chi connectivity index (χ0n) is 16.1. The van der Waals surface area contributed by atoms with Gasteiger partial charge >= 0.3 is 0 Å². The normalized spacial score (nSPS) is 14.4. The average molecular weight is 382 g/mol. The minimum Gasteiger partial charge on any atom is -0.497 e. The van der Waals surface area contributed by atoms with Crippen LogP contribution in [0.15, 0.2) is 30.7 Å². The zero-order valence-corrected chi connectivity index (χ0v) is 16.1. The lowest BCUT2D eigenvalue weighted by Gasteiger charge is -2.35. The molecule has 146 valence electrons. The molecule has 3 aromatic rings. The van der Waals surface area contributed by atoms with E-state index in [0.29, 0.717) is 43.2 Å². The molecule has 1 fully saturated rings. The van der Waals surface area contributed by atoms with E-state index < -0.39 is 0 Å². The summed E-state index contributed by atoms with van der Waals surface area (Å²) in [5.74, 6) is 1.97. The van der Waals surface area contributed by atoms with Gasteiger partial charge in [0.1, 0.15) is 23.6 Å². The maximum absolute atomic E-state index is 13.0. The summed E-state index contributed by atoms with van der Waals surface area (Å²) in [5.41, 5.74) is 1.33. The monoisotopic (exact) mass is 382 g/mol. The number of methoxy groups -OCH3 is 2. The largest absolute Gasteiger partial charge is 0.497 e. The summed E-state index contributed by atoms with van der Waals surface area (Å²) < 4.78 is 12.3. The van der Waals surface area contributed by atoms with E-state index in [9.17, 15) is 4.79 Å². The number of fused-ring (bicyclic) bond motifs is 1. The molecule has 0 spiro atoms. The molecule has 1 aliphatic heterocycles. The van der Waals surface area contributed by atoms with E-state index in [4.69, 9.17) is 9.47 Å². The number of nitrogens with zero attached hydrogens (tertiary/aromatic N) is 6. The van der Waals surface area contributed by atoms with Gasteiger partial charge in [-0.1, -0.05) is 0 Å². The first kappa shape index (κ1) is 18.0. The summed E-state index contributed by atoms with van der Waals surface area (Å²) in [6, 6.07) is 5.24. The molecular weight excluding hydrogens is 360 g/mol. The molecule has 1 aliphatic rings. The van der Waals surface area contributed by atoms with Crippen molar-refractivity contribution in [1.82, 2.24) is 24.6 Å². The van der Waals surface area contributed by atoms with E-state index in [-0.39, 0.29) is 5.91 Å². The molecule has 9 nitrogen and oxygen atoms in total.